The molecule has 0 fully saturated rings. The monoisotopic (exact) mass is 356 g/mol. The van der Waals surface area contributed by atoms with E-state index in [-0.39, 0.29) is 6.03 Å². The number of benzene rings is 3. The quantitative estimate of drug-likeness (QED) is 0.687. The number of ether oxygens (including phenoxy) is 1. The number of para-hydroxylation sites is 1. The molecular weight excluding hydrogens is 336 g/mol. The topological polar surface area (TPSA) is 41.6 Å². The number of urea groups is 1. The van der Waals surface area contributed by atoms with Gasteiger partial charge in [0.25, 0.3) is 0 Å². The van der Waals surface area contributed by atoms with Gasteiger partial charge in [-0.05, 0) is 48.5 Å². The van der Waals surface area contributed by atoms with Gasteiger partial charge in [0.2, 0.25) is 0 Å². The minimum atomic E-state index is -0.242. The molecule has 0 aliphatic carbocycles. The van der Waals surface area contributed by atoms with Crippen LogP contribution in [0.15, 0.2) is 78.9 Å². The van der Waals surface area contributed by atoms with Gasteiger partial charge >= 0.3 is 6.03 Å². The van der Waals surface area contributed by atoms with Crippen molar-refractivity contribution in [3.63, 3.8) is 0 Å². The summed E-state index contributed by atoms with van der Waals surface area (Å²) < 4.78 is 5.13. The standard InChI is InChI=1S/C23H20N2O2/c1-25(23(26)24-20-14-16-21(27-2)17-15-20)22-11-7-6-10-19(22)13-12-18-8-4-3-5-9-18/h3-11,14-17H,1-2H3,(H,24,26). The van der Waals surface area contributed by atoms with Crippen LogP contribution >= 0.6 is 0 Å². The second-order valence-corrected chi connectivity index (χ2v) is 5.85. The number of anilines is 2. The molecule has 0 spiro atoms. The van der Waals surface area contributed by atoms with Crippen molar-refractivity contribution < 1.29 is 9.53 Å². The van der Waals surface area contributed by atoms with Crippen molar-refractivity contribution >= 4 is 17.4 Å². The zero-order valence-corrected chi connectivity index (χ0v) is 15.3. The Labute approximate surface area is 159 Å². The molecule has 0 heterocycles. The lowest BCUT2D eigenvalue weighted by atomic mass is 10.1. The largest absolute Gasteiger partial charge is 0.497 e. The number of rotatable bonds is 3. The number of nitrogens with one attached hydrogen (secondary N) is 1. The summed E-state index contributed by atoms with van der Waals surface area (Å²) >= 11 is 0. The van der Waals surface area contributed by atoms with Gasteiger partial charge in [0.05, 0.1) is 12.8 Å². The smallest absolute Gasteiger partial charge is 0.326 e. The number of amides is 2. The van der Waals surface area contributed by atoms with Crippen LogP contribution < -0.4 is 15.0 Å². The van der Waals surface area contributed by atoms with E-state index in [1.54, 1.807) is 43.3 Å². The molecule has 0 aromatic heterocycles. The van der Waals surface area contributed by atoms with Crippen molar-refractivity contribution in [2.24, 2.45) is 0 Å². The molecule has 0 bridgehead atoms. The predicted molar refractivity (Wildman–Crippen MR) is 109 cm³/mol. The van der Waals surface area contributed by atoms with Gasteiger partial charge in [-0.25, -0.2) is 4.79 Å². The molecule has 0 saturated carbocycles. The number of methoxy groups -OCH3 is 1. The Morgan fingerprint density at radius 3 is 2.26 bits per heavy atom. The van der Waals surface area contributed by atoms with Crippen LogP contribution in [0.3, 0.4) is 0 Å². The first-order valence-electron chi connectivity index (χ1n) is 8.52. The Kier molecular flexibility index (Phi) is 5.76. The molecular formula is C23H20N2O2. The number of hydrogen-bond acceptors (Lipinski definition) is 2. The Morgan fingerprint density at radius 2 is 1.56 bits per heavy atom. The van der Waals surface area contributed by atoms with Gasteiger partial charge in [-0.2, -0.15) is 0 Å². The van der Waals surface area contributed by atoms with Crippen LogP contribution in [0, 0.1) is 11.8 Å². The van der Waals surface area contributed by atoms with Gasteiger partial charge in [0.1, 0.15) is 5.75 Å². The Hall–Kier alpha value is -3.71. The molecule has 4 nitrogen and oxygen atoms in total. The van der Waals surface area contributed by atoms with E-state index < -0.39 is 0 Å². The summed E-state index contributed by atoms with van der Waals surface area (Å²) in [6.45, 7) is 0. The van der Waals surface area contributed by atoms with Gasteiger partial charge in [0.15, 0.2) is 0 Å². The van der Waals surface area contributed by atoms with Crippen LogP contribution in [0.4, 0.5) is 16.2 Å². The van der Waals surface area contributed by atoms with E-state index in [9.17, 15) is 4.79 Å². The Bertz CT molecular complexity index is 971. The highest BCUT2D eigenvalue weighted by Crippen LogP contribution is 2.20. The molecule has 0 radical (unpaired) electrons. The average Bonchev–Trinajstić information content (AvgIpc) is 2.73. The van der Waals surface area contributed by atoms with Crippen molar-refractivity contribution in [2.45, 2.75) is 0 Å². The lowest BCUT2D eigenvalue weighted by molar-refractivity contribution is 0.258. The van der Waals surface area contributed by atoms with E-state index >= 15 is 0 Å². The molecule has 0 aliphatic rings. The zero-order chi connectivity index (χ0) is 19.1. The first-order chi connectivity index (χ1) is 13.2. The lowest BCUT2D eigenvalue weighted by Gasteiger charge is -2.19. The second-order valence-electron chi connectivity index (χ2n) is 5.85. The fourth-order valence-corrected chi connectivity index (χ4v) is 2.52. The molecule has 3 rings (SSSR count). The maximum atomic E-state index is 12.6. The molecule has 3 aromatic carbocycles. The molecule has 0 saturated heterocycles. The number of hydrogen-bond donors (Lipinski definition) is 1. The third kappa shape index (κ3) is 4.68. The van der Waals surface area contributed by atoms with E-state index in [1.807, 2.05) is 54.6 Å². The SMILES string of the molecule is COc1ccc(NC(=O)N(C)c2ccccc2C#Cc2ccccc2)cc1. The highest BCUT2D eigenvalue weighted by atomic mass is 16.5. The van der Waals surface area contributed by atoms with Gasteiger partial charge in [0, 0.05) is 23.9 Å². The van der Waals surface area contributed by atoms with Crippen molar-refractivity contribution in [2.75, 3.05) is 24.4 Å². The Balaban J connectivity index is 1.79. The van der Waals surface area contributed by atoms with E-state index in [2.05, 4.69) is 17.2 Å². The molecule has 2 amide bonds. The van der Waals surface area contributed by atoms with Gasteiger partial charge < -0.3 is 10.1 Å². The summed E-state index contributed by atoms with van der Waals surface area (Å²) in [5, 5.41) is 2.88. The highest BCUT2D eigenvalue weighted by Gasteiger charge is 2.13. The van der Waals surface area contributed by atoms with Crippen LogP contribution in [0.1, 0.15) is 11.1 Å². The number of carbonyl (C=O) groups excluding carboxylic acids is 1. The van der Waals surface area contributed by atoms with Crippen molar-refractivity contribution in [3.05, 3.63) is 90.0 Å². The lowest BCUT2D eigenvalue weighted by Crippen LogP contribution is -2.31. The molecule has 0 atom stereocenters. The zero-order valence-electron chi connectivity index (χ0n) is 15.3. The van der Waals surface area contributed by atoms with Crippen LogP contribution in [0.2, 0.25) is 0 Å². The summed E-state index contributed by atoms with van der Waals surface area (Å²) in [4.78, 5) is 14.2. The molecule has 1 N–H and O–H groups in total. The summed E-state index contributed by atoms with van der Waals surface area (Å²) in [6.07, 6.45) is 0. The third-order valence-electron chi connectivity index (χ3n) is 4.03. The summed E-state index contributed by atoms with van der Waals surface area (Å²) in [7, 11) is 3.33. The highest BCUT2D eigenvalue weighted by molar-refractivity contribution is 6.02. The minimum Gasteiger partial charge on any atom is -0.497 e. The van der Waals surface area contributed by atoms with Gasteiger partial charge in [-0.1, -0.05) is 42.2 Å². The van der Waals surface area contributed by atoms with E-state index in [1.165, 1.54) is 0 Å². The fraction of sp³-hybridized carbons (Fsp3) is 0.0870. The van der Waals surface area contributed by atoms with Crippen molar-refractivity contribution in [3.8, 4) is 17.6 Å². The molecule has 4 heteroatoms. The van der Waals surface area contributed by atoms with Gasteiger partial charge in [-0.3, -0.25) is 4.90 Å². The fourth-order valence-electron chi connectivity index (χ4n) is 2.52. The first kappa shape index (κ1) is 18.1. The van der Waals surface area contributed by atoms with E-state index in [0.717, 1.165) is 22.6 Å². The summed E-state index contributed by atoms with van der Waals surface area (Å²) in [5.41, 5.74) is 3.15. The van der Waals surface area contributed by atoms with Crippen molar-refractivity contribution in [1.29, 1.82) is 0 Å². The predicted octanol–water partition coefficient (Wildman–Crippen LogP) is 4.76. The normalized spacial score (nSPS) is 9.70. The molecule has 27 heavy (non-hydrogen) atoms. The second kappa shape index (κ2) is 8.59. The van der Waals surface area contributed by atoms with Crippen LogP contribution in [0.5, 0.6) is 5.75 Å². The van der Waals surface area contributed by atoms with Crippen molar-refractivity contribution in [1.82, 2.24) is 0 Å². The average molecular weight is 356 g/mol. The van der Waals surface area contributed by atoms with Crippen LogP contribution in [-0.4, -0.2) is 20.2 Å². The molecule has 3 aromatic rings. The van der Waals surface area contributed by atoms with E-state index in [0.29, 0.717) is 5.69 Å². The molecule has 0 unspecified atom stereocenters. The van der Waals surface area contributed by atoms with Crippen LogP contribution in [0.25, 0.3) is 0 Å². The third-order valence-corrected chi connectivity index (χ3v) is 4.03. The maximum absolute atomic E-state index is 12.6. The van der Waals surface area contributed by atoms with Crippen LogP contribution in [-0.2, 0) is 0 Å². The molecule has 134 valence electrons. The maximum Gasteiger partial charge on any atom is 0.326 e. The number of nitrogens with zero attached hydrogens (tertiary/aromatic N) is 1. The minimum absolute atomic E-state index is 0.242. The summed E-state index contributed by atoms with van der Waals surface area (Å²) in [5.74, 6) is 7.03. The number of carbonyl (C=O) groups is 1. The Morgan fingerprint density at radius 1 is 0.889 bits per heavy atom. The summed E-state index contributed by atoms with van der Waals surface area (Å²) in [6, 6.07) is 24.3. The first-order valence-corrected chi connectivity index (χ1v) is 8.52. The molecule has 0 aliphatic heterocycles. The van der Waals surface area contributed by atoms with E-state index in [4.69, 9.17) is 4.74 Å². The van der Waals surface area contributed by atoms with Gasteiger partial charge in [-0.15, -0.1) is 0 Å².